The smallest absolute Gasteiger partial charge is 0.310 e. The average Bonchev–Trinajstić information content (AvgIpc) is 2.93. The average molecular weight is 376 g/mol. The van der Waals surface area contributed by atoms with E-state index in [0.29, 0.717) is 22.5 Å². The number of thiazole rings is 1. The van der Waals surface area contributed by atoms with Crippen LogP contribution in [0.3, 0.4) is 0 Å². The van der Waals surface area contributed by atoms with E-state index in [9.17, 15) is 9.59 Å². The third kappa shape index (κ3) is 5.05. The minimum atomic E-state index is -0.678. The van der Waals surface area contributed by atoms with Crippen molar-refractivity contribution in [2.24, 2.45) is 0 Å². The summed E-state index contributed by atoms with van der Waals surface area (Å²) in [6.07, 6.45) is -0.535. The maximum Gasteiger partial charge on any atom is 0.310 e. The van der Waals surface area contributed by atoms with E-state index in [2.05, 4.69) is 28.9 Å². The van der Waals surface area contributed by atoms with Gasteiger partial charge in [0.05, 0.1) is 19.2 Å². The van der Waals surface area contributed by atoms with Crippen LogP contribution in [0.25, 0.3) is 0 Å². The molecular formula is C19H24N2O4S. The van der Waals surface area contributed by atoms with E-state index >= 15 is 0 Å². The van der Waals surface area contributed by atoms with E-state index in [1.165, 1.54) is 18.4 Å². The Balaban J connectivity index is 2.04. The van der Waals surface area contributed by atoms with Crippen molar-refractivity contribution in [3.8, 4) is 5.75 Å². The molecule has 6 nitrogen and oxygen atoms in total. The van der Waals surface area contributed by atoms with Crippen LogP contribution in [0.4, 0.5) is 5.13 Å². The van der Waals surface area contributed by atoms with Gasteiger partial charge in [-0.15, -0.1) is 11.3 Å². The molecule has 140 valence electrons. The monoisotopic (exact) mass is 376 g/mol. The van der Waals surface area contributed by atoms with Crippen LogP contribution in [0.1, 0.15) is 42.8 Å². The number of hydrogen-bond donors (Lipinski definition) is 1. The van der Waals surface area contributed by atoms with Crippen molar-refractivity contribution >= 4 is 28.3 Å². The number of esters is 1. The highest BCUT2D eigenvalue weighted by Crippen LogP contribution is 2.27. The number of rotatable bonds is 7. The molecule has 0 bridgehead atoms. The lowest BCUT2D eigenvalue weighted by Gasteiger charge is -2.18. The van der Waals surface area contributed by atoms with Crippen LogP contribution in [0.15, 0.2) is 24.3 Å². The number of nitrogens with one attached hydrogen (secondary N) is 1. The second-order valence-corrected chi connectivity index (χ2v) is 7.31. The number of hydrogen-bond acceptors (Lipinski definition) is 6. The Labute approximate surface area is 157 Å². The Bertz CT molecular complexity index is 786. The molecule has 1 atom stereocenters. The van der Waals surface area contributed by atoms with Gasteiger partial charge < -0.3 is 9.47 Å². The van der Waals surface area contributed by atoms with Gasteiger partial charge >= 0.3 is 5.97 Å². The Kier molecular flexibility index (Phi) is 6.74. The molecule has 0 spiro atoms. The van der Waals surface area contributed by atoms with Crippen LogP contribution in [-0.4, -0.2) is 30.1 Å². The zero-order valence-electron chi connectivity index (χ0n) is 15.7. The molecule has 0 fully saturated rings. The van der Waals surface area contributed by atoms with Gasteiger partial charge in [0, 0.05) is 4.88 Å². The minimum Gasteiger partial charge on any atom is -0.481 e. The molecule has 1 aromatic heterocycles. The molecule has 0 aliphatic rings. The number of anilines is 1. The summed E-state index contributed by atoms with van der Waals surface area (Å²) in [6, 6.07) is 7.69. The van der Waals surface area contributed by atoms with Gasteiger partial charge in [0.1, 0.15) is 5.75 Å². The van der Waals surface area contributed by atoms with E-state index in [4.69, 9.17) is 4.74 Å². The molecule has 26 heavy (non-hydrogen) atoms. The third-order valence-electron chi connectivity index (χ3n) is 3.87. The number of aromatic nitrogens is 1. The Hall–Kier alpha value is -2.41. The van der Waals surface area contributed by atoms with Gasteiger partial charge in [0.25, 0.3) is 5.91 Å². The summed E-state index contributed by atoms with van der Waals surface area (Å²) in [4.78, 5) is 28.9. The van der Waals surface area contributed by atoms with E-state index < -0.39 is 6.10 Å². The van der Waals surface area contributed by atoms with Gasteiger partial charge in [-0.1, -0.05) is 32.0 Å². The van der Waals surface area contributed by atoms with E-state index in [1.807, 2.05) is 24.3 Å². The fourth-order valence-corrected chi connectivity index (χ4v) is 3.32. The van der Waals surface area contributed by atoms with Crippen molar-refractivity contribution in [3.63, 3.8) is 0 Å². The maximum absolute atomic E-state index is 12.4. The summed E-state index contributed by atoms with van der Waals surface area (Å²) in [5.41, 5.74) is 1.76. The van der Waals surface area contributed by atoms with E-state index in [0.717, 1.165) is 10.4 Å². The molecule has 2 aromatic rings. The van der Waals surface area contributed by atoms with Crippen molar-refractivity contribution in [1.29, 1.82) is 0 Å². The number of ether oxygens (including phenoxy) is 2. The van der Waals surface area contributed by atoms with Crippen LogP contribution in [0.5, 0.6) is 5.75 Å². The standard InChI is InChI=1S/C19H24N2O4S/c1-11(2)14-8-6-7-9-15(14)25-13(4)18(23)21-19-20-12(3)16(26-19)10-17(22)24-5/h6-9,11,13H,10H2,1-5H3,(H,20,21,23). The first-order valence-electron chi connectivity index (χ1n) is 8.41. The molecule has 1 aromatic carbocycles. The summed E-state index contributed by atoms with van der Waals surface area (Å²) in [5.74, 6) is 0.370. The highest BCUT2D eigenvalue weighted by Gasteiger charge is 2.20. The molecule has 1 heterocycles. The lowest BCUT2D eigenvalue weighted by molar-refractivity contribution is -0.139. The van der Waals surface area contributed by atoms with Crippen molar-refractivity contribution in [3.05, 3.63) is 40.4 Å². The predicted molar refractivity (Wildman–Crippen MR) is 102 cm³/mol. The van der Waals surface area contributed by atoms with E-state index in [1.54, 1.807) is 13.8 Å². The molecule has 2 rings (SSSR count). The van der Waals surface area contributed by atoms with Crippen LogP contribution >= 0.6 is 11.3 Å². The molecule has 1 unspecified atom stereocenters. The van der Waals surface area contributed by atoms with Gasteiger partial charge in [-0.05, 0) is 31.4 Å². The molecule has 0 saturated heterocycles. The van der Waals surface area contributed by atoms with Crippen LogP contribution in [-0.2, 0) is 20.7 Å². The number of carbonyl (C=O) groups is 2. The highest BCUT2D eigenvalue weighted by molar-refractivity contribution is 7.16. The quantitative estimate of drug-likeness (QED) is 0.746. The van der Waals surface area contributed by atoms with Gasteiger partial charge in [-0.3, -0.25) is 14.9 Å². The molecule has 7 heteroatoms. The summed E-state index contributed by atoms with van der Waals surface area (Å²) in [6.45, 7) is 7.65. The van der Waals surface area contributed by atoms with Crippen LogP contribution in [0.2, 0.25) is 0 Å². The fraction of sp³-hybridized carbons (Fsp3) is 0.421. The van der Waals surface area contributed by atoms with E-state index in [-0.39, 0.29) is 18.3 Å². The number of nitrogens with zero attached hydrogens (tertiary/aromatic N) is 1. The fourth-order valence-electron chi connectivity index (χ4n) is 2.36. The lowest BCUT2D eigenvalue weighted by atomic mass is 10.0. The molecule has 0 aliphatic carbocycles. The second-order valence-electron chi connectivity index (χ2n) is 6.22. The van der Waals surface area contributed by atoms with Gasteiger partial charge in [-0.25, -0.2) is 4.98 Å². The normalized spacial score (nSPS) is 11.9. The number of amides is 1. The van der Waals surface area contributed by atoms with Gasteiger partial charge in [0.2, 0.25) is 0 Å². The largest absolute Gasteiger partial charge is 0.481 e. The van der Waals surface area contributed by atoms with Crippen molar-refractivity contribution < 1.29 is 19.1 Å². The molecule has 0 radical (unpaired) electrons. The molecule has 1 N–H and O–H groups in total. The lowest BCUT2D eigenvalue weighted by Crippen LogP contribution is -2.30. The minimum absolute atomic E-state index is 0.143. The molecule has 1 amide bonds. The number of carbonyl (C=O) groups excluding carboxylic acids is 2. The van der Waals surface area contributed by atoms with Gasteiger partial charge in [0.15, 0.2) is 11.2 Å². The van der Waals surface area contributed by atoms with Crippen LogP contribution < -0.4 is 10.1 Å². The van der Waals surface area contributed by atoms with Crippen molar-refractivity contribution in [2.45, 2.75) is 46.1 Å². The van der Waals surface area contributed by atoms with Crippen molar-refractivity contribution in [1.82, 2.24) is 4.98 Å². The second kappa shape index (κ2) is 8.80. The SMILES string of the molecule is COC(=O)Cc1sc(NC(=O)C(C)Oc2ccccc2C(C)C)nc1C. The third-order valence-corrected chi connectivity index (χ3v) is 4.94. The van der Waals surface area contributed by atoms with Crippen LogP contribution in [0, 0.1) is 6.92 Å². The highest BCUT2D eigenvalue weighted by atomic mass is 32.1. The Morgan fingerprint density at radius 1 is 1.23 bits per heavy atom. The maximum atomic E-state index is 12.4. The zero-order valence-corrected chi connectivity index (χ0v) is 16.5. The summed E-state index contributed by atoms with van der Waals surface area (Å²) >= 11 is 1.26. The Morgan fingerprint density at radius 2 is 1.92 bits per heavy atom. The number of methoxy groups -OCH3 is 1. The molecule has 0 aliphatic heterocycles. The first-order chi connectivity index (χ1) is 12.3. The Morgan fingerprint density at radius 3 is 2.58 bits per heavy atom. The predicted octanol–water partition coefficient (Wildman–Crippen LogP) is 3.70. The molecular weight excluding hydrogens is 352 g/mol. The number of benzene rings is 1. The van der Waals surface area contributed by atoms with Crippen molar-refractivity contribution in [2.75, 3.05) is 12.4 Å². The summed E-state index contributed by atoms with van der Waals surface area (Å²) in [7, 11) is 1.34. The zero-order chi connectivity index (χ0) is 19.3. The summed E-state index contributed by atoms with van der Waals surface area (Å²) in [5, 5.41) is 3.20. The first kappa shape index (κ1) is 19.9. The van der Waals surface area contributed by atoms with Gasteiger partial charge in [-0.2, -0.15) is 0 Å². The molecule has 0 saturated carbocycles. The topological polar surface area (TPSA) is 77.5 Å². The number of para-hydroxylation sites is 1. The number of aryl methyl sites for hydroxylation is 1. The summed E-state index contributed by atoms with van der Waals surface area (Å²) < 4.78 is 10.5. The first-order valence-corrected chi connectivity index (χ1v) is 9.23.